The fourth-order valence-electron chi connectivity index (χ4n) is 2.44. The number of aliphatic hydroxyl groups is 1. The first-order valence-corrected chi connectivity index (χ1v) is 9.09. The van der Waals surface area contributed by atoms with Crippen LogP contribution in [0, 0.1) is 6.92 Å². The van der Waals surface area contributed by atoms with E-state index in [0.29, 0.717) is 30.5 Å². The molecule has 8 nitrogen and oxygen atoms in total. The molecule has 2 rings (SSSR count). The zero-order valence-corrected chi connectivity index (χ0v) is 19.4. The van der Waals surface area contributed by atoms with Gasteiger partial charge >= 0.3 is 6.09 Å². The molecule has 0 saturated heterocycles. The highest BCUT2D eigenvalue weighted by molar-refractivity contribution is 14.0. The zero-order chi connectivity index (χ0) is 20.6. The molecule has 1 aromatic carbocycles. The average Bonchev–Trinajstić information content (AvgIpc) is 3.12. The van der Waals surface area contributed by atoms with Crippen molar-refractivity contribution >= 4 is 41.7 Å². The topological polar surface area (TPSA) is 108 Å². The average molecular weight is 516 g/mol. The number of ether oxygens (including phenoxy) is 1. The van der Waals surface area contributed by atoms with Crippen molar-refractivity contribution in [3.05, 3.63) is 53.5 Å². The van der Waals surface area contributed by atoms with Gasteiger partial charge in [-0.05, 0) is 50.6 Å². The van der Waals surface area contributed by atoms with E-state index in [2.05, 4.69) is 25.7 Å². The van der Waals surface area contributed by atoms with Crippen LogP contribution < -0.4 is 16.0 Å². The molecular weight excluding hydrogens is 487 g/mol. The molecule has 29 heavy (non-hydrogen) atoms. The maximum Gasteiger partial charge on any atom is 0.411 e. The van der Waals surface area contributed by atoms with Crippen LogP contribution >= 0.6 is 24.0 Å². The molecule has 0 bridgehead atoms. The summed E-state index contributed by atoms with van der Waals surface area (Å²) in [7, 11) is 1.32. The van der Waals surface area contributed by atoms with Crippen LogP contribution in [0.3, 0.4) is 0 Å². The monoisotopic (exact) mass is 516 g/mol. The third kappa shape index (κ3) is 7.94. The molecule has 2 aromatic rings. The summed E-state index contributed by atoms with van der Waals surface area (Å²) in [6.45, 7) is 6.87. The lowest BCUT2D eigenvalue weighted by molar-refractivity contribution is 0.0378. The quantitative estimate of drug-likeness (QED) is 0.256. The van der Waals surface area contributed by atoms with Crippen LogP contribution in [0.15, 0.2) is 45.8 Å². The van der Waals surface area contributed by atoms with E-state index in [-0.39, 0.29) is 30.5 Å². The van der Waals surface area contributed by atoms with E-state index in [1.54, 1.807) is 25.1 Å². The number of nitrogens with zero attached hydrogens (tertiary/aromatic N) is 1. The van der Waals surface area contributed by atoms with Crippen molar-refractivity contribution in [1.82, 2.24) is 10.6 Å². The molecule has 0 aliphatic heterocycles. The van der Waals surface area contributed by atoms with E-state index in [1.807, 2.05) is 32.0 Å². The van der Waals surface area contributed by atoms with E-state index in [9.17, 15) is 9.90 Å². The van der Waals surface area contributed by atoms with Gasteiger partial charge in [-0.25, -0.2) is 9.79 Å². The van der Waals surface area contributed by atoms with Crippen LogP contribution in [-0.2, 0) is 16.9 Å². The molecule has 160 valence electrons. The number of hydrogen-bond donors (Lipinski definition) is 4. The van der Waals surface area contributed by atoms with Gasteiger partial charge in [0, 0.05) is 12.2 Å². The van der Waals surface area contributed by atoms with Gasteiger partial charge in [0.2, 0.25) is 0 Å². The number of aryl methyl sites for hydroxylation is 1. The van der Waals surface area contributed by atoms with Crippen LogP contribution in [0.1, 0.15) is 30.9 Å². The Balaban J connectivity index is 0.00000420. The molecule has 0 aliphatic rings. The first-order valence-electron chi connectivity index (χ1n) is 9.09. The molecule has 9 heteroatoms. The molecule has 1 heterocycles. The summed E-state index contributed by atoms with van der Waals surface area (Å²) in [4.78, 5) is 15.7. The van der Waals surface area contributed by atoms with Crippen molar-refractivity contribution in [2.75, 3.05) is 25.5 Å². The van der Waals surface area contributed by atoms with Crippen LogP contribution in [0.5, 0.6) is 0 Å². The van der Waals surface area contributed by atoms with Crippen molar-refractivity contribution in [2.45, 2.75) is 32.9 Å². The number of hydrogen-bond acceptors (Lipinski definition) is 5. The number of guanidine groups is 1. The fraction of sp³-hybridized carbons (Fsp3) is 0.400. The molecule has 1 unspecified atom stereocenters. The highest BCUT2D eigenvalue weighted by atomic mass is 127. The summed E-state index contributed by atoms with van der Waals surface area (Å²) in [6.07, 6.45) is -0.511. The highest BCUT2D eigenvalue weighted by Crippen LogP contribution is 2.21. The number of carbonyl (C=O) groups excluding carboxylic acids is 1. The number of aliphatic imine (C=N–C) groups is 1. The summed E-state index contributed by atoms with van der Waals surface area (Å²) < 4.78 is 10.1. The minimum atomic E-state index is -1.16. The predicted octanol–water partition coefficient (Wildman–Crippen LogP) is 3.35. The van der Waals surface area contributed by atoms with Crippen molar-refractivity contribution in [1.29, 1.82) is 0 Å². The number of methoxy groups -OCH3 is 1. The van der Waals surface area contributed by atoms with Crippen LogP contribution in [0.25, 0.3) is 0 Å². The van der Waals surface area contributed by atoms with Gasteiger partial charge in [-0.1, -0.05) is 12.1 Å². The van der Waals surface area contributed by atoms with Gasteiger partial charge in [0.05, 0.1) is 20.2 Å². The first-order chi connectivity index (χ1) is 13.3. The molecule has 0 aliphatic carbocycles. The van der Waals surface area contributed by atoms with Gasteiger partial charge in [0.1, 0.15) is 17.1 Å². The van der Waals surface area contributed by atoms with Gasteiger partial charge < -0.3 is 24.9 Å². The van der Waals surface area contributed by atoms with E-state index in [0.717, 1.165) is 11.3 Å². The molecule has 0 saturated carbocycles. The van der Waals surface area contributed by atoms with Crippen LogP contribution in [0.2, 0.25) is 0 Å². The van der Waals surface area contributed by atoms with Gasteiger partial charge in [0.25, 0.3) is 0 Å². The molecule has 1 aromatic heterocycles. The minimum absolute atomic E-state index is 0. The maximum atomic E-state index is 11.2. The second-order valence-electron chi connectivity index (χ2n) is 6.55. The Morgan fingerprint density at radius 3 is 2.45 bits per heavy atom. The number of nitrogens with one attached hydrogen (secondary N) is 3. The molecular formula is C20H29IN4O4. The third-order valence-electron chi connectivity index (χ3n) is 4.02. The Bertz CT molecular complexity index is 803. The second kappa shape index (κ2) is 11.7. The summed E-state index contributed by atoms with van der Waals surface area (Å²) in [5.74, 6) is 1.84. The van der Waals surface area contributed by atoms with Crippen molar-refractivity contribution in [3.8, 4) is 0 Å². The normalized spacial score (nSPS) is 13.1. The molecule has 0 fully saturated rings. The molecule has 0 spiro atoms. The van der Waals surface area contributed by atoms with Crippen molar-refractivity contribution in [2.24, 2.45) is 4.99 Å². The SMILES string of the molecule is CCNC(=NCc1ccc(NC(=O)OC)cc1)NCC(C)(O)c1ccc(C)o1.I. The van der Waals surface area contributed by atoms with E-state index < -0.39 is 11.7 Å². The number of amides is 1. The summed E-state index contributed by atoms with van der Waals surface area (Å²) in [5, 5.41) is 19.5. The zero-order valence-electron chi connectivity index (χ0n) is 17.1. The number of carbonyl (C=O) groups is 1. The Kier molecular flexibility index (Phi) is 9.96. The number of rotatable bonds is 7. The lowest BCUT2D eigenvalue weighted by Gasteiger charge is -2.22. The van der Waals surface area contributed by atoms with Crippen LogP contribution in [0.4, 0.5) is 10.5 Å². The summed E-state index contributed by atoms with van der Waals surface area (Å²) in [5.41, 5.74) is 0.460. The van der Waals surface area contributed by atoms with E-state index >= 15 is 0 Å². The summed E-state index contributed by atoms with van der Waals surface area (Å²) in [6, 6.07) is 10.9. The minimum Gasteiger partial charge on any atom is -0.463 e. The van der Waals surface area contributed by atoms with Crippen molar-refractivity contribution in [3.63, 3.8) is 0 Å². The Hall–Kier alpha value is -2.27. The second-order valence-corrected chi connectivity index (χ2v) is 6.55. The van der Waals surface area contributed by atoms with Crippen molar-refractivity contribution < 1.29 is 19.1 Å². The largest absolute Gasteiger partial charge is 0.463 e. The van der Waals surface area contributed by atoms with Gasteiger partial charge in [-0.15, -0.1) is 24.0 Å². The van der Waals surface area contributed by atoms with E-state index in [4.69, 9.17) is 4.42 Å². The van der Waals surface area contributed by atoms with E-state index in [1.165, 1.54) is 7.11 Å². The molecule has 1 atom stereocenters. The molecule has 0 radical (unpaired) electrons. The Morgan fingerprint density at radius 1 is 1.21 bits per heavy atom. The smallest absolute Gasteiger partial charge is 0.411 e. The Morgan fingerprint density at radius 2 is 1.90 bits per heavy atom. The van der Waals surface area contributed by atoms with Gasteiger partial charge in [-0.2, -0.15) is 0 Å². The lowest BCUT2D eigenvalue weighted by atomic mass is 10.0. The third-order valence-corrected chi connectivity index (χ3v) is 4.02. The number of anilines is 1. The fourth-order valence-corrected chi connectivity index (χ4v) is 2.44. The maximum absolute atomic E-state index is 11.2. The number of halogens is 1. The standard InChI is InChI=1S/C20H28N4O4.HI/c1-5-21-18(23-13-20(3,26)17-11-6-14(2)28-17)22-12-15-7-9-16(10-8-15)24-19(25)27-4;/h6-11,26H,5,12-13H2,1-4H3,(H,24,25)(H2,21,22,23);1H. The van der Waals surface area contributed by atoms with Gasteiger partial charge in [-0.3, -0.25) is 5.32 Å². The van der Waals surface area contributed by atoms with Gasteiger partial charge in [0.15, 0.2) is 5.96 Å². The molecule has 1 amide bonds. The summed E-state index contributed by atoms with van der Waals surface area (Å²) >= 11 is 0. The predicted molar refractivity (Wildman–Crippen MR) is 124 cm³/mol. The highest BCUT2D eigenvalue weighted by Gasteiger charge is 2.27. The van der Waals surface area contributed by atoms with Crippen LogP contribution in [-0.4, -0.2) is 37.4 Å². The Labute approximate surface area is 188 Å². The molecule has 4 N–H and O–H groups in total. The number of furan rings is 1. The lowest BCUT2D eigenvalue weighted by Crippen LogP contribution is -2.44. The first kappa shape index (κ1) is 24.8. The number of benzene rings is 1.